The van der Waals surface area contributed by atoms with Crippen molar-refractivity contribution >= 4 is 0 Å². The molecule has 1 atom stereocenters. The molecule has 0 saturated heterocycles. The summed E-state index contributed by atoms with van der Waals surface area (Å²) in [7, 11) is 0. The van der Waals surface area contributed by atoms with Gasteiger partial charge in [-0.25, -0.2) is 5.90 Å². The number of ether oxygens (including phenoxy) is 1. The molecule has 0 spiro atoms. The molecule has 0 radical (unpaired) electrons. The van der Waals surface area contributed by atoms with Crippen LogP contribution in [0.2, 0.25) is 0 Å². The van der Waals surface area contributed by atoms with Gasteiger partial charge in [0.05, 0.1) is 18.8 Å². The fourth-order valence-electron chi connectivity index (χ4n) is 0.605. The quantitative estimate of drug-likeness (QED) is 0.632. The Kier molecular flexibility index (Phi) is 4.65. The molecule has 2 N–H and O–H groups in total. The third-order valence-electron chi connectivity index (χ3n) is 1.18. The van der Waals surface area contributed by atoms with Crippen molar-refractivity contribution in [3.63, 3.8) is 0 Å². The standard InChI is InChI=1S/C8H19NO2/c1-7(6-11-9)5-10-8(2,3)4/h7H,5-6,9H2,1-4H3. The van der Waals surface area contributed by atoms with E-state index in [-0.39, 0.29) is 5.60 Å². The van der Waals surface area contributed by atoms with Gasteiger partial charge in [0.1, 0.15) is 0 Å². The van der Waals surface area contributed by atoms with Gasteiger partial charge in [-0.1, -0.05) is 6.92 Å². The highest BCUT2D eigenvalue weighted by molar-refractivity contribution is 4.60. The molecule has 0 aromatic heterocycles. The van der Waals surface area contributed by atoms with E-state index < -0.39 is 0 Å². The van der Waals surface area contributed by atoms with Crippen LogP contribution in [0.1, 0.15) is 27.7 Å². The van der Waals surface area contributed by atoms with Crippen LogP contribution >= 0.6 is 0 Å². The predicted molar refractivity (Wildman–Crippen MR) is 45.0 cm³/mol. The topological polar surface area (TPSA) is 44.5 Å². The Bertz CT molecular complexity index is 98.8. The average Bonchev–Trinajstić information content (AvgIpc) is 1.83. The van der Waals surface area contributed by atoms with E-state index in [1.165, 1.54) is 0 Å². The SMILES string of the molecule is CC(CON)COC(C)(C)C. The molecular formula is C8H19NO2. The molecule has 0 aromatic carbocycles. The summed E-state index contributed by atoms with van der Waals surface area (Å²) in [6.45, 7) is 9.38. The van der Waals surface area contributed by atoms with Crippen LogP contribution in [0.25, 0.3) is 0 Å². The number of rotatable bonds is 4. The van der Waals surface area contributed by atoms with Gasteiger partial charge in [-0.05, 0) is 20.8 Å². The summed E-state index contributed by atoms with van der Waals surface area (Å²) in [5.41, 5.74) is -0.0666. The number of hydrogen-bond acceptors (Lipinski definition) is 3. The van der Waals surface area contributed by atoms with E-state index in [1.807, 2.05) is 27.7 Å². The van der Waals surface area contributed by atoms with Gasteiger partial charge < -0.3 is 9.57 Å². The number of nitrogens with two attached hydrogens (primary N) is 1. The van der Waals surface area contributed by atoms with Gasteiger partial charge in [-0.15, -0.1) is 0 Å². The van der Waals surface area contributed by atoms with Crippen molar-refractivity contribution in [1.82, 2.24) is 0 Å². The molecule has 0 aliphatic carbocycles. The van der Waals surface area contributed by atoms with Crippen molar-refractivity contribution in [3.05, 3.63) is 0 Å². The second kappa shape index (κ2) is 4.70. The molecule has 0 fully saturated rings. The molecule has 0 aliphatic heterocycles. The maximum Gasteiger partial charge on any atom is 0.0726 e. The van der Waals surface area contributed by atoms with Crippen LogP contribution in [0.15, 0.2) is 0 Å². The Morgan fingerprint density at radius 1 is 1.27 bits per heavy atom. The lowest BCUT2D eigenvalue weighted by Gasteiger charge is -2.21. The van der Waals surface area contributed by atoms with Crippen molar-refractivity contribution in [1.29, 1.82) is 0 Å². The second-order valence-corrected chi connectivity index (χ2v) is 3.86. The lowest BCUT2D eigenvalue weighted by Crippen LogP contribution is -2.25. The van der Waals surface area contributed by atoms with Crippen LogP contribution in [0, 0.1) is 5.92 Å². The molecule has 1 unspecified atom stereocenters. The molecule has 0 amide bonds. The minimum Gasteiger partial charge on any atom is -0.375 e. The van der Waals surface area contributed by atoms with E-state index in [1.54, 1.807) is 0 Å². The number of hydrogen-bond donors (Lipinski definition) is 1. The van der Waals surface area contributed by atoms with Gasteiger partial charge in [-0.3, -0.25) is 0 Å². The minimum absolute atomic E-state index is 0.0666. The fourth-order valence-corrected chi connectivity index (χ4v) is 0.605. The van der Waals surface area contributed by atoms with Gasteiger partial charge in [0.15, 0.2) is 0 Å². The summed E-state index contributed by atoms with van der Waals surface area (Å²) >= 11 is 0. The molecule has 0 rings (SSSR count). The summed E-state index contributed by atoms with van der Waals surface area (Å²) < 4.78 is 5.51. The van der Waals surface area contributed by atoms with Crippen molar-refractivity contribution in [3.8, 4) is 0 Å². The first-order valence-corrected chi connectivity index (χ1v) is 3.91. The Morgan fingerprint density at radius 2 is 1.82 bits per heavy atom. The molecule has 3 heteroatoms. The van der Waals surface area contributed by atoms with Crippen molar-refractivity contribution in [2.75, 3.05) is 13.2 Å². The van der Waals surface area contributed by atoms with E-state index in [9.17, 15) is 0 Å². The van der Waals surface area contributed by atoms with Gasteiger partial charge in [0, 0.05) is 5.92 Å². The van der Waals surface area contributed by atoms with Crippen LogP contribution in [0.5, 0.6) is 0 Å². The molecule has 0 saturated carbocycles. The van der Waals surface area contributed by atoms with E-state index in [0.717, 1.165) is 0 Å². The van der Waals surface area contributed by atoms with E-state index in [2.05, 4.69) is 4.84 Å². The highest BCUT2D eigenvalue weighted by atomic mass is 16.6. The van der Waals surface area contributed by atoms with Crippen molar-refractivity contribution in [2.45, 2.75) is 33.3 Å². The van der Waals surface area contributed by atoms with Gasteiger partial charge in [0.2, 0.25) is 0 Å². The molecule has 3 nitrogen and oxygen atoms in total. The third kappa shape index (κ3) is 7.78. The normalized spacial score (nSPS) is 15.0. The zero-order chi connectivity index (χ0) is 8.91. The van der Waals surface area contributed by atoms with Gasteiger partial charge in [-0.2, -0.15) is 0 Å². The zero-order valence-electron chi connectivity index (χ0n) is 7.89. The summed E-state index contributed by atoms with van der Waals surface area (Å²) in [6, 6.07) is 0. The Labute approximate surface area is 68.8 Å². The third-order valence-corrected chi connectivity index (χ3v) is 1.18. The van der Waals surface area contributed by atoms with Crippen molar-refractivity contribution in [2.24, 2.45) is 11.8 Å². The highest BCUT2D eigenvalue weighted by Gasteiger charge is 2.12. The minimum atomic E-state index is -0.0666. The Morgan fingerprint density at radius 3 is 2.18 bits per heavy atom. The largest absolute Gasteiger partial charge is 0.375 e. The van der Waals surface area contributed by atoms with Gasteiger partial charge in [0.25, 0.3) is 0 Å². The molecule has 0 aliphatic rings. The summed E-state index contributed by atoms with van der Waals surface area (Å²) in [5.74, 6) is 5.27. The van der Waals surface area contributed by atoms with E-state index in [0.29, 0.717) is 19.1 Å². The van der Waals surface area contributed by atoms with E-state index >= 15 is 0 Å². The second-order valence-electron chi connectivity index (χ2n) is 3.86. The van der Waals surface area contributed by atoms with Crippen LogP contribution in [-0.2, 0) is 9.57 Å². The predicted octanol–water partition coefficient (Wildman–Crippen LogP) is 1.33. The maximum absolute atomic E-state index is 5.51. The van der Waals surface area contributed by atoms with Gasteiger partial charge >= 0.3 is 0 Å². The summed E-state index contributed by atoms with van der Waals surface area (Å²) in [6.07, 6.45) is 0. The van der Waals surface area contributed by atoms with Crippen LogP contribution in [-0.4, -0.2) is 18.8 Å². The average molecular weight is 161 g/mol. The van der Waals surface area contributed by atoms with Crippen LogP contribution in [0.3, 0.4) is 0 Å². The molecule has 0 heterocycles. The summed E-state index contributed by atoms with van der Waals surface area (Å²) in [5, 5.41) is 0. The molecule has 11 heavy (non-hydrogen) atoms. The lowest BCUT2D eigenvalue weighted by atomic mass is 10.1. The van der Waals surface area contributed by atoms with Crippen molar-refractivity contribution < 1.29 is 9.57 Å². The highest BCUT2D eigenvalue weighted by Crippen LogP contribution is 2.09. The first kappa shape index (κ1) is 10.9. The maximum atomic E-state index is 5.51. The van der Waals surface area contributed by atoms with Crippen LogP contribution < -0.4 is 5.90 Å². The Hall–Kier alpha value is -0.120. The zero-order valence-corrected chi connectivity index (χ0v) is 7.89. The summed E-state index contributed by atoms with van der Waals surface area (Å²) in [4.78, 5) is 4.49. The Balaban J connectivity index is 3.38. The molecule has 68 valence electrons. The first-order chi connectivity index (χ1) is 4.95. The lowest BCUT2D eigenvalue weighted by molar-refractivity contribution is -0.0355. The first-order valence-electron chi connectivity index (χ1n) is 3.91. The monoisotopic (exact) mass is 161 g/mol. The van der Waals surface area contributed by atoms with E-state index in [4.69, 9.17) is 10.6 Å². The molecule has 0 aromatic rings. The molecular weight excluding hydrogens is 142 g/mol. The van der Waals surface area contributed by atoms with Crippen LogP contribution in [0.4, 0.5) is 0 Å². The smallest absolute Gasteiger partial charge is 0.0726 e. The fraction of sp³-hybridized carbons (Fsp3) is 1.00. The molecule has 0 bridgehead atoms.